The Balaban J connectivity index is 1.42. The number of aliphatic carboxylic acids is 1. The first kappa shape index (κ1) is 24.8. The molecule has 0 aliphatic heterocycles. The molecule has 1 fully saturated rings. The molecule has 1 saturated carbocycles. The fourth-order valence-electron chi connectivity index (χ4n) is 5.49. The van der Waals surface area contributed by atoms with E-state index in [0.717, 1.165) is 35.1 Å². The van der Waals surface area contributed by atoms with Crippen LogP contribution in [0.5, 0.6) is 0 Å². The van der Waals surface area contributed by atoms with Gasteiger partial charge in [0.15, 0.2) is 0 Å². The van der Waals surface area contributed by atoms with E-state index in [-0.39, 0.29) is 18.4 Å². The average molecular weight is 479 g/mol. The summed E-state index contributed by atoms with van der Waals surface area (Å²) in [5, 5.41) is 15.1. The van der Waals surface area contributed by atoms with Gasteiger partial charge in [0.2, 0.25) is 5.91 Å². The summed E-state index contributed by atoms with van der Waals surface area (Å²) < 4.78 is 5.70. The van der Waals surface area contributed by atoms with Crippen molar-refractivity contribution in [3.8, 4) is 11.1 Å². The smallest absolute Gasteiger partial charge is 0.407 e. The zero-order chi connectivity index (χ0) is 25.0. The molecular weight excluding hydrogens is 444 g/mol. The summed E-state index contributed by atoms with van der Waals surface area (Å²) in [6.07, 6.45) is 3.40. The summed E-state index contributed by atoms with van der Waals surface area (Å²) in [5.41, 5.74) is 3.70. The van der Waals surface area contributed by atoms with Gasteiger partial charge in [0.05, 0.1) is 5.41 Å². The maximum Gasteiger partial charge on any atom is 0.407 e. The summed E-state index contributed by atoms with van der Waals surface area (Å²) in [6, 6.07) is 15.0. The second-order valence-corrected chi connectivity index (χ2v) is 9.84. The highest BCUT2D eigenvalue weighted by Gasteiger charge is 2.45. The van der Waals surface area contributed by atoms with E-state index in [2.05, 4.69) is 34.9 Å². The van der Waals surface area contributed by atoms with E-state index in [4.69, 9.17) is 4.74 Å². The van der Waals surface area contributed by atoms with Crippen LogP contribution in [0.3, 0.4) is 0 Å². The molecule has 2 aromatic rings. The third-order valence-electron chi connectivity index (χ3n) is 7.54. The van der Waals surface area contributed by atoms with Crippen LogP contribution in [-0.2, 0) is 14.3 Å². The zero-order valence-electron chi connectivity index (χ0n) is 20.4. The van der Waals surface area contributed by atoms with E-state index < -0.39 is 29.6 Å². The zero-order valence-corrected chi connectivity index (χ0v) is 20.4. The Kier molecular flexibility index (Phi) is 7.43. The summed E-state index contributed by atoms with van der Waals surface area (Å²) in [6.45, 7) is 3.89. The second-order valence-electron chi connectivity index (χ2n) is 9.84. The SMILES string of the molecule is CCC[C@H](NC(=O)C1(C)CCCCC1NC(=O)OCC1c2ccccc2-c2ccccc21)C(=O)O. The van der Waals surface area contributed by atoms with Crippen LogP contribution in [0.2, 0.25) is 0 Å². The van der Waals surface area contributed by atoms with Gasteiger partial charge in [-0.3, -0.25) is 4.79 Å². The van der Waals surface area contributed by atoms with Gasteiger partial charge in [-0.15, -0.1) is 0 Å². The largest absolute Gasteiger partial charge is 0.480 e. The van der Waals surface area contributed by atoms with E-state index in [9.17, 15) is 19.5 Å². The Morgan fingerprint density at radius 3 is 2.29 bits per heavy atom. The van der Waals surface area contributed by atoms with Crippen molar-refractivity contribution in [3.05, 3.63) is 59.7 Å². The number of carbonyl (C=O) groups excluding carboxylic acids is 2. The van der Waals surface area contributed by atoms with Gasteiger partial charge in [0.1, 0.15) is 12.6 Å². The maximum atomic E-state index is 13.2. The maximum absolute atomic E-state index is 13.2. The molecule has 0 heterocycles. The highest BCUT2D eigenvalue weighted by atomic mass is 16.5. The topological polar surface area (TPSA) is 105 Å². The molecule has 4 rings (SSSR count). The van der Waals surface area contributed by atoms with Gasteiger partial charge in [-0.1, -0.05) is 74.7 Å². The van der Waals surface area contributed by atoms with Crippen LogP contribution in [-0.4, -0.2) is 41.8 Å². The monoisotopic (exact) mass is 478 g/mol. The molecule has 2 aliphatic carbocycles. The predicted octanol–water partition coefficient (Wildman–Crippen LogP) is 4.84. The van der Waals surface area contributed by atoms with E-state index >= 15 is 0 Å². The van der Waals surface area contributed by atoms with Gasteiger partial charge in [0.25, 0.3) is 0 Å². The Bertz CT molecular complexity index is 1050. The van der Waals surface area contributed by atoms with Crippen LogP contribution in [0.15, 0.2) is 48.5 Å². The van der Waals surface area contributed by atoms with E-state index in [1.54, 1.807) is 6.92 Å². The molecule has 0 spiro atoms. The molecule has 0 bridgehead atoms. The average Bonchev–Trinajstić information content (AvgIpc) is 3.17. The molecule has 3 N–H and O–H groups in total. The Morgan fingerprint density at radius 2 is 1.69 bits per heavy atom. The molecule has 7 heteroatoms. The number of carboxylic acid groups (broad SMARTS) is 1. The van der Waals surface area contributed by atoms with Crippen LogP contribution in [0.25, 0.3) is 11.1 Å². The first-order chi connectivity index (χ1) is 16.8. The lowest BCUT2D eigenvalue weighted by Gasteiger charge is -2.40. The van der Waals surface area contributed by atoms with Gasteiger partial charge < -0.3 is 20.5 Å². The molecule has 0 aromatic heterocycles. The lowest BCUT2D eigenvalue weighted by Crippen LogP contribution is -2.58. The molecule has 2 aromatic carbocycles. The Labute approximate surface area is 206 Å². The third kappa shape index (κ3) is 5.04. The van der Waals surface area contributed by atoms with Crippen LogP contribution in [0.4, 0.5) is 4.79 Å². The number of nitrogens with one attached hydrogen (secondary N) is 2. The number of carboxylic acids is 1. The van der Waals surface area contributed by atoms with Gasteiger partial charge >= 0.3 is 12.1 Å². The summed E-state index contributed by atoms with van der Waals surface area (Å²) in [4.78, 5) is 37.6. The molecule has 2 amide bonds. The van der Waals surface area contributed by atoms with Crippen LogP contribution in [0, 0.1) is 5.41 Å². The molecule has 0 radical (unpaired) electrons. The Hall–Kier alpha value is -3.35. The fourth-order valence-corrected chi connectivity index (χ4v) is 5.49. The normalized spacial score (nSPS) is 21.9. The summed E-state index contributed by atoms with van der Waals surface area (Å²) in [5.74, 6) is -1.41. The number of hydrogen-bond acceptors (Lipinski definition) is 4. The molecule has 0 saturated heterocycles. The lowest BCUT2D eigenvalue weighted by atomic mass is 9.71. The number of rotatable bonds is 8. The van der Waals surface area contributed by atoms with E-state index in [1.165, 1.54) is 0 Å². The lowest BCUT2D eigenvalue weighted by molar-refractivity contribution is -0.145. The number of ether oxygens (including phenoxy) is 1. The molecule has 2 aliphatic rings. The summed E-state index contributed by atoms with van der Waals surface area (Å²) in [7, 11) is 0. The van der Waals surface area contributed by atoms with Crippen LogP contribution < -0.4 is 10.6 Å². The van der Waals surface area contributed by atoms with Gasteiger partial charge in [0, 0.05) is 12.0 Å². The first-order valence-corrected chi connectivity index (χ1v) is 12.5. The second kappa shape index (κ2) is 10.5. The minimum absolute atomic E-state index is 0.0421. The molecule has 186 valence electrons. The van der Waals surface area contributed by atoms with Crippen molar-refractivity contribution >= 4 is 18.0 Å². The van der Waals surface area contributed by atoms with E-state index in [0.29, 0.717) is 25.7 Å². The third-order valence-corrected chi connectivity index (χ3v) is 7.54. The highest BCUT2D eigenvalue weighted by molar-refractivity contribution is 5.88. The van der Waals surface area contributed by atoms with Gasteiger partial charge in [-0.25, -0.2) is 9.59 Å². The number of amides is 2. The number of carbonyl (C=O) groups is 3. The summed E-state index contributed by atoms with van der Waals surface area (Å²) >= 11 is 0. The van der Waals surface area contributed by atoms with Gasteiger partial charge in [-0.05, 0) is 48.4 Å². The molecule has 3 atom stereocenters. The van der Waals surface area contributed by atoms with Crippen LogP contribution >= 0.6 is 0 Å². The minimum Gasteiger partial charge on any atom is -0.480 e. The minimum atomic E-state index is -1.04. The number of benzene rings is 2. The van der Waals surface area contributed by atoms with E-state index in [1.807, 2.05) is 31.2 Å². The van der Waals surface area contributed by atoms with Crippen molar-refractivity contribution in [3.63, 3.8) is 0 Å². The highest BCUT2D eigenvalue weighted by Crippen LogP contribution is 2.44. The van der Waals surface area contributed by atoms with Crippen LogP contribution in [0.1, 0.15) is 69.4 Å². The standard InChI is InChI=1S/C28H34N2O5/c1-3-10-23(25(31)32)29-26(33)28(2)16-9-8-15-24(28)30-27(34)35-17-22-20-13-6-4-11-18(20)19-12-5-7-14-21(19)22/h4-7,11-14,22-24H,3,8-10,15-17H2,1-2H3,(H,29,33)(H,30,34)(H,31,32)/t23-,24?,28?/m0/s1. The van der Waals surface area contributed by atoms with Crippen molar-refractivity contribution < 1.29 is 24.2 Å². The van der Waals surface area contributed by atoms with Crippen molar-refractivity contribution in [1.29, 1.82) is 0 Å². The number of alkyl carbamates (subject to hydrolysis) is 1. The first-order valence-electron chi connectivity index (χ1n) is 12.5. The van der Waals surface area contributed by atoms with Gasteiger partial charge in [-0.2, -0.15) is 0 Å². The predicted molar refractivity (Wildman–Crippen MR) is 133 cm³/mol. The molecule has 35 heavy (non-hydrogen) atoms. The molecule has 2 unspecified atom stereocenters. The quantitative estimate of drug-likeness (QED) is 0.503. The molecular formula is C28H34N2O5. The number of fused-ring (bicyclic) bond motifs is 3. The van der Waals surface area contributed by atoms with Crippen molar-refractivity contribution in [2.75, 3.05) is 6.61 Å². The fraction of sp³-hybridized carbons (Fsp3) is 0.464. The van der Waals surface area contributed by atoms with Crippen molar-refractivity contribution in [2.45, 2.75) is 70.4 Å². The Morgan fingerprint density at radius 1 is 1.06 bits per heavy atom. The number of hydrogen-bond donors (Lipinski definition) is 3. The van der Waals surface area contributed by atoms with Crippen molar-refractivity contribution in [2.24, 2.45) is 5.41 Å². The van der Waals surface area contributed by atoms with Crippen molar-refractivity contribution in [1.82, 2.24) is 10.6 Å². The molecule has 7 nitrogen and oxygen atoms in total.